The van der Waals surface area contributed by atoms with Crippen molar-refractivity contribution in [1.82, 2.24) is 14.9 Å². The van der Waals surface area contributed by atoms with Crippen molar-refractivity contribution in [3.8, 4) is 11.4 Å². The van der Waals surface area contributed by atoms with E-state index >= 15 is 0 Å². The van der Waals surface area contributed by atoms with E-state index in [9.17, 15) is 9.59 Å². The van der Waals surface area contributed by atoms with E-state index in [1.807, 2.05) is 49.3 Å². The molecule has 1 aliphatic heterocycles. The summed E-state index contributed by atoms with van der Waals surface area (Å²) in [4.78, 5) is 37.8. The molecule has 0 radical (unpaired) electrons. The first-order chi connectivity index (χ1) is 12.9. The summed E-state index contributed by atoms with van der Waals surface area (Å²) in [7, 11) is 3.92. The second-order valence-corrected chi connectivity index (χ2v) is 7.48. The molecule has 1 aromatic heterocycles. The van der Waals surface area contributed by atoms with Crippen LogP contribution in [0.25, 0.3) is 11.4 Å². The van der Waals surface area contributed by atoms with Gasteiger partial charge in [-0.3, -0.25) is 9.59 Å². The van der Waals surface area contributed by atoms with Crippen LogP contribution >= 0.6 is 0 Å². The summed E-state index contributed by atoms with van der Waals surface area (Å²) < 4.78 is 0. The highest BCUT2D eigenvalue weighted by Gasteiger charge is 2.57. The fourth-order valence-electron chi connectivity index (χ4n) is 3.66. The molecule has 7 nitrogen and oxygen atoms in total. The minimum Gasteiger partial charge on any atom is -0.369 e. The SMILES string of the molecule is CN(C)c1nc(-c2ccccc2)nc2c1CCN(C(=O)C1(C(N)=O)CC1)C2. The number of hydrogen-bond acceptors (Lipinski definition) is 5. The van der Waals surface area contributed by atoms with Crippen LogP contribution in [0, 0.1) is 5.41 Å². The van der Waals surface area contributed by atoms with Crippen molar-refractivity contribution < 1.29 is 9.59 Å². The predicted octanol–water partition coefficient (Wildman–Crippen LogP) is 1.36. The van der Waals surface area contributed by atoms with Crippen molar-refractivity contribution in [2.45, 2.75) is 25.8 Å². The van der Waals surface area contributed by atoms with Gasteiger partial charge in [0.05, 0.1) is 12.2 Å². The second kappa shape index (κ2) is 6.33. The molecule has 4 rings (SSSR count). The van der Waals surface area contributed by atoms with Crippen LogP contribution in [0.4, 0.5) is 5.82 Å². The Morgan fingerprint density at radius 1 is 1.15 bits per heavy atom. The van der Waals surface area contributed by atoms with E-state index in [2.05, 4.69) is 0 Å². The van der Waals surface area contributed by atoms with Crippen LogP contribution in [-0.2, 0) is 22.6 Å². The smallest absolute Gasteiger partial charge is 0.238 e. The van der Waals surface area contributed by atoms with Gasteiger partial charge in [-0.05, 0) is 19.3 Å². The lowest BCUT2D eigenvalue weighted by Crippen LogP contribution is -2.46. The first-order valence-corrected chi connectivity index (χ1v) is 9.14. The highest BCUT2D eigenvalue weighted by molar-refractivity contribution is 6.07. The Balaban J connectivity index is 1.71. The molecule has 0 atom stereocenters. The third-order valence-corrected chi connectivity index (χ3v) is 5.42. The number of fused-ring (bicyclic) bond motifs is 1. The first-order valence-electron chi connectivity index (χ1n) is 9.14. The molecule has 2 aromatic rings. The minimum absolute atomic E-state index is 0.160. The van der Waals surface area contributed by atoms with Gasteiger partial charge in [0, 0.05) is 31.8 Å². The quantitative estimate of drug-likeness (QED) is 0.826. The lowest BCUT2D eigenvalue weighted by atomic mass is 9.99. The number of benzene rings is 1. The normalized spacial score (nSPS) is 17.2. The minimum atomic E-state index is -0.989. The summed E-state index contributed by atoms with van der Waals surface area (Å²) in [5.41, 5.74) is 7.33. The Labute approximate surface area is 158 Å². The van der Waals surface area contributed by atoms with Gasteiger partial charge in [0.25, 0.3) is 0 Å². The van der Waals surface area contributed by atoms with Crippen molar-refractivity contribution in [2.75, 3.05) is 25.5 Å². The molecule has 27 heavy (non-hydrogen) atoms. The molecule has 140 valence electrons. The summed E-state index contributed by atoms with van der Waals surface area (Å²) >= 11 is 0. The predicted molar refractivity (Wildman–Crippen MR) is 102 cm³/mol. The van der Waals surface area contributed by atoms with Crippen molar-refractivity contribution in [2.24, 2.45) is 11.1 Å². The summed E-state index contributed by atoms with van der Waals surface area (Å²) in [6.07, 6.45) is 1.76. The van der Waals surface area contributed by atoms with E-state index in [1.165, 1.54) is 0 Å². The molecule has 1 saturated carbocycles. The Morgan fingerprint density at radius 3 is 2.44 bits per heavy atom. The molecular formula is C20H23N5O2. The number of nitrogens with two attached hydrogens (primary N) is 1. The summed E-state index contributed by atoms with van der Waals surface area (Å²) in [6, 6.07) is 9.80. The van der Waals surface area contributed by atoms with Crippen molar-refractivity contribution in [3.63, 3.8) is 0 Å². The van der Waals surface area contributed by atoms with Crippen LogP contribution in [0.5, 0.6) is 0 Å². The van der Waals surface area contributed by atoms with E-state index in [4.69, 9.17) is 15.7 Å². The van der Waals surface area contributed by atoms with Crippen molar-refractivity contribution >= 4 is 17.6 Å². The molecule has 1 aliphatic carbocycles. The number of carbonyl (C=O) groups is 2. The number of amides is 2. The summed E-state index contributed by atoms with van der Waals surface area (Å²) in [5.74, 6) is 0.845. The zero-order valence-corrected chi connectivity index (χ0v) is 15.6. The average Bonchev–Trinajstić information content (AvgIpc) is 3.48. The highest BCUT2D eigenvalue weighted by atomic mass is 16.2. The standard InChI is InChI=1S/C20H23N5O2/c1-24(2)17-14-8-11-25(19(27)20(9-10-20)18(21)26)12-15(14)22-16(23-17)13-6-4-3-5-7-13/h3-7H,8-12H2,1-2H3,(H2,21,26). The molecule has 2 aliphatic rings. The maximum Gasteiger partial charge on any atom is 0.238 e. The lowest BCUT2D eigenvalue weighted by Gasteiger charge is -2.32. The molecule has 0 spiro atoms. The number of primary amides is 1. The average molecular weight is 365 g/mol. The van der Waals surface area contributed by atoms with E-state index < -0.39 is 11.3 Å². The van der Waals surface area contributed by atoms with Gasteiger partial charge in [-0.15, -0.1) is 0 Å². The topological polar surface area (TPSA) is 92.4 Å². The van der Waals surface area contributed by atoms with E-state index in [-0.39, 0.29) is 5.91 Å². The highest BCUT2D eigenvalue weighted by Crippen LogP contribution is 2.47. The number of aromatic nitrogens is 2. The Kier molecular flexibility index (Phi) is 4.09. The van der Waals surface area contributed by atoms with Gasteiger partial charge in [0.1, 0.15) is 11.2 Å². The lowest BCUT2D eigenvalue weighted by molar-refractivity contribution is -0.143. The summed E-state index contributed by atoms with van der Waals surface area (Å²) in [6.45, 7) is 0.933. The largest absolute Gasteiger partial charge is 0.369 e. The number of carbonyl (C=O) groups excluding carboxylic acids is 2. The third-order valence-electron chi connectivity index (χ3n) is 5.42. The van der Waals surface area contributed by atoms with Crippen LogP contribution in [0.1, 0.15) is 24.1 Å². The van der Waals surface area contributed by atoms with Crippen LogP contribution in [0.2, 0.25) is 0 Å². The maximum atomic E-state index is 12.9. The van der Waals surface area contributed by atoms with Crippen molar-refractivity contribution in [3.05, 3.63) is 41.6 Å². The number of anilines is 1. The molecule has 0 bridgehead atoms. The Morgan fingerprint density at radius 2 is 1.85 bits per heavy atom. The maximum absolute atomic E-state index is 12.9. The van der Waals surface area contributed by atoms with Gasteiger partial charge >= 0.3 is 0 Å². The monoisotopic (exact) mass is 365 g/mol. The number of rotatable bonds is 4. The number of hydrogen-bond donors (Lipinski definition) is 1. The van der Waals surface area contributed by atoms with Gasteiger partial charge in [0.2, 0.25) is 11.8 Å². The van der Waals surface area contributed by atoms with E-state index in [0.29, 0.717) is 38.2 Å². The fourth-order valence-corrected chi connectivity index (χ4v) is 3.66. The molecule has 0 saturated heterocycles. The zero-order valence-electron chi connectivity index (χ0n) is 15.6. The van der Waals surface area contributed by atoms with Gasteiger partial charge in [-0.2, -0.15) is 0 Å². The van der Waals surface area contributed by atoms with Crippen molar-refractivity contribution in [1.29, 1.82) is 0 Å². The van der Waals surface area contributed by atoms with Gasteiger partial charge in [-0.25, -0.2) is 9.97 Å². The van der Waals surface area contributed by atoms with E-state index in [0.717, 1.165) is 22.6 Å². The second-order valence-electron chi connectivity index (χ2n) is 7.48. The first kappa shape index (κ1) is 17.5. The van der Waals surface area contributed by atoms with Crippen LogP contribution in [0.3, 0.4) is 0 Å². The Hall–Kier alpha value is -2.96. The molecule has 1 aromatic carbocycles. The molecular weight excluding hydrogens is 342 g/mol. The molecule has 2 heterocycles. The van der Waals surface area contributed by atoms with Gasteiger partial charge in [0.15, 0.2) is 5.82 Å². The zero-order chi connectivity index (χ0) is 19.2. The van der Waals surface area contributed by atoms with Crippen LogP contribution < -0.4 is 10.6 Å². The molecule has 0 unspecified atom stereocenters. The molecule has 2 amide bonds. The third kappa shape index (κ3) is 2.93. The van der Waals surface area contributed by atoms with Gasteiger partial charge in [-0.1, -0.05) is 30.3 Å². The van der Waals surface area contributed by atoms with Gasteiger partial charge < -0.3 is 15.5 Å². The van der Waals surface area contributed by atoms with Crippen LogP contribution in [0.15, 0.2) is 30.3 Å². The fraction of sp³-hybridized carbons (Fsp3) is 0.400. The van der Waals surface area contributed by atoms with Crippen LogP contribution in [-0.4, -0.2) is 47.3 Å². The molecule has 7 heteroatoms. The number of nitrogens with zero attached hydrogens (tertiary/aromatic N) is 4. The summed E-state index contributed by atoms with van der Waals surface area (Å²) in [5, 5.41) is 0. The molecule has 1 fully saturated rings. The van der Waals surface area contributed by atoms with E-state index in [1.54, 1.807) is 4.90 Å². The molecule has 2 N–H and O–H groups in total. The Bertz CT molecular complexity index is 906.